The summed E-state index contributed by atoms with van der Waals surface area (Å²) < 4.78 is 0.840. The molecule has 1 saturated heterocycles. The number of aliphatic carboxylic acids is 1. The number of carboxylic acids is 1. The Hall–Kier alpha value is -1.47. The fraction of sp³-hybridized carbons (Fsp3) is 0.462. The number of rotatable bonds is 4. The van der Waals surface area contributed by atoms with E-state index in [-0.39, 0.29) is 12.5 Å². The van der Waals surface area contributed by atoms with Gasteiger partial charge >= 0.3 is 5.97 Å². The standard InChI is InChI=1S/C13H16BrN3O3/c1-13(12(19)20)4-5-17(8-13)7-11(18)16-10-3-2-9(14)6-15-10/h2-3,6H,4-5,7-8H2,1H3,(H,19,20)(H,15,16,18). The van der Waals surface area contributed by atoms with Gasteiger partial charge in [-0.3, -0.25) is 14.5 Å². The molecule has 108 valence electrons. The molecule has 6 nitrogen and oxygen atoms in total. The van der Waals surface area contributed by atoms with Gasteiger partial charge in [-0.15, -0.1) is 0 Å². The first-order valence-corrected chi connectivity index (χ1v) is 7.05. The molecule has 0 radical (unpaired) electrons. The SMILES string of the molecule is CC1(C(=O)O)CCN(CC(=O)Nc2ccc(Br)cn2)C1. The van der Waals surface area contributed by atoms with Crippen molar-refractivity contribution in [3.05, 3.63) is 22.8 Å². The minimum atomic E-state index is -0.810. The van der Waals surface area contributed by atoms with E-state index in [1.165, 1.54) is 0 Å². The minimum absolute atomic E-state index is 0.181. The minimum Gasteiger partial charge on any atom is -0.481 e. The Morgan fingerprint density at radius 1 is 1.55 bits per heavy atom. The molecular formula is C13H16BrN3O3. The fourth-order valence-corrected chi connectivity index (χ4v) is 2.44. The number of hydrogen-bond donors (Lipinski definition) is 2. The van der Waals surface area contributed by atoms with E-state index in [9.17, 15) is 9.59 Å². The van der Waals surface area contributed by atoms with Crippen molar-refractivity contribution in [3.63, 3.8) is 0 Å². The van der Waals surface area contributed by atoms with Crippen molar-refractivity contribution in [2.45, 2.75) is 13.3 Å². The third-order valence-corrected chi connectivity index (χ3v) is 3.90. The molecule has 2 N–H and O–H groups in total. The smallest absolute Gasteiger partial charge is 0.310 e. The van der Waals surface area contributed by atoms with Gasteiger partial charge in [-0.1, -0.05) is 0 Å². The first-order valence-electron chi connectivity index (χ1n) is 6.26. The molecule has 0 aromatic carbocycles. The number of pyridine rings is 1. The summed E-state index contributed by atoms with van der Waals surface area (Å²) in [6, 6.07) is 3.49. The van der Waals surface area contributed by atoms with Crippen LogP contribution >= 0.6 is 15.9 Å². The van der Waals surface area contributed by atoms with E-state index in [4.69, 9.17) is 5.11 Å². The van der Waals surface area contributed by atoms with Gasteiger partial charge < -0.3 is 10.4 Å². The van der Waals surface area contributed by atoms with Crippen LogP contribution in [0, 0.1) is 5.41 Å². The molecule has 0 saturated carbocycles. The van der Waals surface area contributed by atoms with Crippen LogP contribution < -0.4 is 5.32 Å². The summed E-state index contributed by atoms with van der Waals surface area (Å²) >= 11 is 3.27. The van der Waals surface area contributed by atoms with Gasteiger partial charge in [-0.2, -0.15) is 0 Å². The van der Waals surface area contributed by atoms with E-state index in [0.717, 1.165) is 4.47 Å². The second-order valence-corrected chi connectivity index (χ2v) is 6.15. The van der Waals surface area contributed by atoms with E-state index >= 15 is 0 Å². The number of anilines is 1. The number of likely N-dealkylation sites (tertiary alicyclic amines) is 1. The van der Waals surface area contributed by atoms with E-state index in [1.54, 1.807) is 25.3 Å². The summed E-state index contributed by atoms with van der Waals surface area (Å²) in [5.74, 6) is -0.511. The van der Waals surface area contributed by atoms with Crippen LogP contribution in [0.15, 0.2) is 22.8 Å². The average molecular weight is 342 g/mol. The van der Waals surface area contributed by atoms with Crippen LogP contribution in [-0.2, 0) is 9.59 Å². The molecule has 1 aliphatic rings. The molecule has 2 rings (SSSR count). The molecule has 2 heterocycles. The summed E-state index contributed by atoms with van der Waals surface area (Å²) in [6.07, 6.45) is 2.17. The van der Waals surface area contributed by atoms with Gasteiger partial charge in [0.2, 0.25) is 5.91 Å². The highest BCUT2D eigenvalue weighted by atomic mass is 79.9. The van der Waals surface area contributed by atoms with Crippen LogP contribution in [0.4, 0.5) is 5.82 Å². The van der Waals surface area contributed by atoms with Gasteiger partial charge in [-0.05, 0) is 48.0 Å². The molecule has 1 atom stereocenters. The van der Waals surface area contributed by atoms with Crippen LogP contribution in [0.1, 0.15) is 13.3 Å². The van der Waals surface area contributed by atoms with Gasteiger partial charge in [0.05, 0.1) is 12.0 Å². The number of amides is 1. The molecule has 1 fully saturated rings. The Morgan fingerprint density at radius 3 is 2.85 bits per heavy atom. The number of aromatic nitrogens is 1. The van der Waals surface area contributed by atoms with Crippen LogP contribution in [0.2, 0.25) is 0 Å². The number of carbonyl (C=O) groups excluding carboxylic acids is 1. The summed E-state index contributed by atoms with van der Waals surface area (Å²) in [6.45, 7) is 2.90. The lowest BCUT2D eigenvalue weighted by atomic mass is 9.90. The van der Waals surface area contributed by atoms with Crippen molar-refractivity contribution in [1.82, 2.24) is 9.88 Å². The second kappa shape index (κ2) is 5.88. The van der Waals surface area contributed by atoms with Crippen molar-refractivity contribution in [1.29, 1.82) is 0 Å². The fourth-order valence-electron chi connectivity index (χ4n) is 2.20. The summed E-state index contributed by atoms with van der Waals surface area (Å²) in [7, 11) is 0. The zero-order valence-corrected chi connectivity index (χ0v) is 12.7. The normalized spacial score (nSPS) is 22.7. The zero-order chi connectivity index (χ0) is 14.8. The third-order valence-electron chi connectivity index (χ3n) is 3.43. The monoisotopic (exact) mass is 341 g/mol. The number of halogens is 1. The number of nitrogens with zero attached hydrogens (tertiary/aromatic N) is 2. The zero-order valence-electron chi connectivity index (χ0n) is 11.1. The predicted octanol–water partition coefficient (Wildman–Crippen LogP) is 1.58. The molecule has 1 unspecified atom stereocenters. The Labute approximate surface area is 125 Å². The van der Waals surface area contributed by atoms with Crippen LogP contribution in [0.3, 0.4) is 0 Å². The topological polar surface area (TPSA) is 82.5 Å². The quantitative estimate of drug-likeness (QED) is 0.868. The highest BCUT2D eigenvalue weighted by molar-refractivity contribution is 9.10. The average Bonchev–Trinajstić information content (AvgIpc) is 2.75. The van der Waals surface area contributed by atoms with Gasteiger partial charge in [-0.25, -0.2) is 4.98 Å². The molecule has 1 aromatic rings. The summed E-state index contributed by atoms with van der Waals surface area (Å²) in [4.78, 5) is 28.9. The predicted molar refractivity (Wildman–Crippen MR) is 77.4 cm³/mol. The van der Waals surface area contributed by atoms with Gasteiger partial charge in [0.1, 0.15) is 5.82 Å². The van der Waals surface area contributed by atoms with Crippen LogP contribution in [0.25, 0.3) is 0 Å². The molecule has 20 heavy (non-hydrogen) atoms. The number of carboxylic acid groups (broad SMARTS) is 1. The first kappa shape index (κ1) is 14.9. The molecular weight excluding hydrogens is 326 g/mol. The highest BCUT2D eigenvalue weighted by Crippen LogP contribution is 2.29. The number of carbonyl (C=O) groups is 2. The Bertz CT molecular complexity index is 520. The Morgan fingerprint density at radius 2 is 2.30 bits per heavy atom. The van der Waals surface area contributed by atoms with E-state index < -0.39 is 11.4 Å². The molecule has 1 aromatic heterocycles. The van der Waals surface area contributed by atoms with E-state index in [0.29, 0.717) is 25.3 Å². The van der Waals surface area contributed by atoms with Crippen molar-refractivity contribution in [3.8, 4) is 0 Å². The number of nitrogens with one attached hydrogen (secondary N) is 1. The lowest BCUT2D eigenvalue weighted by Gasteiger charge is -2.19. The van der Waals surface area contributed by atoms with Gasteiger partial charge in [0, 0.05) is 17.2 Å². The third kappa shape index (κ3) is 3.55. The molecule has 0 aliphatic carbocycles. The Balaban J connectivity index is 1.87. The summed E-state index contributed by atoms with van der Waals surface area (Å²) in [5.41, 5.74) is -0.754. The highest BCUT2D eigenvalue weighted by Gasteiger charge is 2.40. The molecule has 0 bridgehead atoms. The van der Waals surface area contributed by atoms with Gasteiger partial charge in [0.25, 0.3) is 0 Å². The van der Waals surface area contributed by atoms with E-state index in [2.05, 4.69) is 26.2 Å². The Kier molecular flexibility index (Phi) is 4.39. The molecule has 1 amide bonds. The van der Waals surface area contributed by atoms with Crippen LogP contribution in [-0.4, -0.2) is 46.5 Å². The lowest BCUT2D eigenvalue weighted by Crippen LogP contribution is -2.35. The lowest BCUT2D eigenvalue weighted by molar-refractivity contribution is -0.147. The van der Waals surface area contributed by atoms with Crippen molar-refractivity contribution in [2.24, 2.45) is 5.41 Å². The summed E-state index contributed by atoms with van der Waals surface area (Å²) in [5, 5.41) is 11.8. The van der Waals surface area contributed by atoms with Crippen LogP contribution in [0.5, 0.6) is 0 Å². The maximum atomic E-state index is 11.9. The van der Waals surface area contributed by atoms with Crippen molar-refractivity contribution in [2.75, 3.05) is 25.0 Å². The maximum absolute atomic E-state index is 11.9. The van der Waals surface area contributed by atoms with Crippen molar-refractivity contribution >= 4 is 33.6 Å². The second-order valence-electron chi connectivity index (χ2n) is 5.24. The molecule has 0 spiro atoms. The molecule has 1 aliphatic heterocycles. The molecule has 7 heteroatoms. The maximum Gasteiger partial charge on any atom is 0.310 e. The first-order chi connectivity index (χ1) is 9.39. The largest absolute Gasteiger partial charge is 0.481 e. The number of hydrogen-bond acceptors (Lipinski definition) is 4. The van der Waals surface area contributed by atoms with Gasteiger partial charge in [0.15, 0.2) is 0 Å². The van der Waals surface area contributed by atoms with Crippen molar-refractivity contribution < 1.29 is 14.7 Å². The van der Waals surface area contributed by atoms with E-state index in [1.807, 2.05) is 4.90 Å².